The molecule has 0 amide bonds. The Bertz CT molecular complexity index is 395. The quantitative estimate of drug-likeness (QED) is 0.645. The van der Waals surface area contributed by atoms with E-state index in [0.29, 0.717) is 16.7 Å². The maximum Gasteiger partial charge on any atom is 0.0859 e. The molecule has 2 aromatic heterocycles. The first-order valence-corrected chi connectivity index (χ1v) is 4.38. The minimum Gasteiger partial charge on any atom is -0.261 e. The zero-order chi connectivity index (χ0) is 11.3. The van der Waals surface area contributed by atoms with Crippen LogP contribution in [-0.2, 0) is 0 Å². The molecule has 0 fully saturated rings. The fourth-order valence-electron chi connectivity index (χ4n) is 0.527. The summed E-state index contributed by atoms with van der Waals surface area (Å²) >= 11 is 1.11. The topological polar surface area (TPSA) is 51.6 Å². The molecule has 0 N–H and O–H groups in total. The second kappa shape index (κ2) is 5.31. The van der Waals surface area contributed by atoms with Crippen LogP contribution in [0.2, 0.25) is 0 Å². The summed E-state index contributed by atoms with van der Waals surface area (Å²) in [5, 5.41) is 4.06. The summed E-state index contributed by atoms with van der Waals surface area (Å²) in [6, 6.07) is 0. The van der Waals surface area contributed by atoms with Crippen molar-refractivity contribution in [2.75, 3.05) is 0 Å². The Kier molecular flexibility index (Phi) is 2.90. The Hall–Kier alpha value is -1.36. The van der Waals surface area contributed by atoms with Crippen molar-refractivity contribution in [2.24, 2.45) is 0 Å². The molecule has 0 aliphatic rings. The molecule has 0 aliphatic heterocycles. The maximum atomic E-state index is 7.05. The Morgan fingerprint density at radius 3 is 2.46 bits per heavy atom. The van der Waals surface area contributed by atoms with Gasteiger partial charge in [0.15, 0.2) is 0 Å². The Labute approximate surface area is 83.7 Å². The molecule has 0 bridgehead atoms. The van der Waals surface area contributed by atoms with Crippen LogP contribution in [0.25, 0.3) is 0 Å². The second-order valence-electron chi connectivity index (χ2n) is 2.21. The zero-order valence-corrected chi connectivity index (χ0v) is 8.17. The van der Waals surface area contributed by atoms with Gasteiger partial charge in [0.2, 0.25) is 0 Å². The third-order valence-electron chi connectivity index (χ3n) is 1.06. The summed E-state index contributed by atoms with van der Waals surface area (Å²) < 4.78 is 17.6. The van der Waals surface area contributed by atoms with Crippen LogP contribution in [0.4, 0.5) is 0 Å². The van der Waals surface area contributed by atoms with Crippen LogP contribution in [0.3, 0.4) is 0 Å². The van der Waals surface area contributed by atoms with Crippen LogP contribution in [-0.4, -0.2) is 19.6 Å². The van der Waals surface area contributed by atoms with Crippen molar-refractivity contribution in [3.63, 3.8) is 0 Å². The van der Waals surface area contributed by atoms with Crippen LogP contribution >= 0.6 is 11.5 Å². The first-order chi connectivity index (χ1) is 7.11. The van der Waals surface area contributed by atoms with E-state index >= 15 is 0 Å². The first-order valence-electron chi connectivity index (χ1n) is 4.61. The Morgan fingerprint density at radius 2 is 2.15 bits per heavy atom. The molecule has 0 saturated carbocycles. The second-order valence-corrected chi connectivity index (χ2v) is 2.76. The molecule has 0 aliphatic carbocycles. The summed E-state index contributed by atoms with van der Waals surface area (Å²) in [5.41, 5.74) is 1.39. The molecule has 2 rings (SSSR count). The molecule has 13 heavy (non-hydrogen) atoms. The van der Waals surface area contributed by atoms with Gasteiger partial charge in [-0.15, -0.1) is 5.10 Å². The van der Waals surface area contributed by atoms with Crippen molar-refractivity contribution in [3.8, 4) is 0 Å². The lowest BCUT2D eigenvalue weighted by Gasteiger charge is -1.81. The van der Waals surface area contributed by atoms with Gasteiger partial charge >= 0.3 is 0 Å². The van der Waals surface area contributed by atoms with Crippen molar-refractivity contribution in [1.29, 1.82) is 0 Å². The van der Waals surface area contributed by atoms with Crippen molar-refractivity contribution in [1.82, 2.24) is 19.6 Å². The number of aromatic nitrogens is 4. The minimum absolute atomic E-state index is 0.257. The molecule has 0 unspecified atom stereocenters. The van der Waals surface area contributed by atoms with E-state index < -0.39 is 0 Å². The Balaban J connectivity index is 0.000000151. The molecule has 0 aromatic carbocycles. The summed E-state index contributed by atoms with van der Waals surface area (Å²) in [6.07, 6.45) is 3.34. The molecule has 0 radical (unpaired) electrons. The standard InChI is InChI=1S/C5H6N2.C3H4N2S/c1-5-4-6-2-3-7-5;1-3-2-6-5-4-3/h2-4H,1H3;2H,1H3/i4T;2T. The third-order valence-corrected chi connectivity index (χ3v) is 1.61. The molecule has 2 heterocycles. The summed E-state index contributed by atoms with van der Waals surface area (Å²) in [7, 11) is 0. The largest absolute Gasteiger partial charge is 0.261 e. The van der Waals surface area contributed by atoms with Crippen molar-refractivity contribution in [3.05, 3.63) is 35.3 Å². The van der Waals surface area contributed by atoms with Gasteiger partial charge in [0.1, 0.15) is 0 Å². The Morgan fingerprint density at radius 1 is 1.31 bits per heavy atom. The van der Waals surface area contributed by atoms with Crippen molar-refractivity contribution in [2.45, 2.75) is 13.8 Å². The fourth-order valence-corrected chi connectivity index (χ4v) is 0.904. The van der Waals surface area contributed by atoms with E-state index in [9.17, 15) is 0 Å². The van der Waals surface area contributed by atoms with Crippen molar-refractivity contribution < 1.29 is 2.74 Å². The van der Waals surface area contributed by atoms with E-state index in [2.05, 4.69) is 19.6 Å². The van der Waals surface area contributed by atoms with E-state index in [1.165, 1.54) is 6.20 Å². The molecule has 0 saturated heterocycles. The molecule has 68 valence electrons. The SMILES string of the molecule is [3H]c1nccnc1C.[3H]c1snnc1C. The van der Waals surface area contributed by atoms with Crippen LogP contribution in [0.15, 0.2) is 23.9 Å². The van der Waals surface area contributed by atoms with Crippen LogP contribution in [0.5, 0.6) is 0 Å². The fraction of sp³-hybridized carbons (Fsp3) is 0.250. The van der Waals surface area contributed by atoms with Crippen LogP contribution in [0, 0.1) is 13.8 Å². The maximum absolute atomic E-state index is 7.05. The molecular formula is C8H10N4S. The predicted molar refractivity (Wildman–Crippen MR) is 51.4 cm³/mol. The van der Waals surface area contributed by atoms with Gasteiger partial charge in [-0.2, -0.15) is 0 Å². The third kappa shape index (κ3) is 4.27. The molecule has 0 atom stereocenters. The zero-order valence-electron chi connectivity index (χ0n) is 9.35. The van der Waals surface area contributed by atoms with E-state index in [1.807, 2.05) is 0 Å². The van der Waals surface area contributed by atoms with E-state index in [0.717, 1.165) is 11.5 Å². The summed E-state index contributed by atoms with van der Waals surface area (Å²) in [5.74, 6) is 0. The molecule has 0 spiro atoms. The van der Waals surface area contributed by atoms with E-state index in [-0.39, 0.29) is 6.17 Å². The van der Waals surface area contributed by atoms with Gasteiger partial charge in [0, 0.05) is 23.9 Å². The van der Waals surface area contributed by atoms with Gasteiger partial charge in [0.25, 0.3) is 0 Å². The van der Waals surface area contributed by atoms with Crippen LogP contribution in [0.1, 0.15) is 14.1 Å². The molecule has 2 aromatic rings. The molecule has 5 heteroatoms. The highest BCUT2D eigenvalue weighted by Crippen LogP contribution is 1.90. The number of hydrogen-bond donors (Lipinski definition) is 0. The van der Waals surface area contributed by atoms with Crippen LogP contribution < -0.4 is 0 Å². The van der Waals surface area contributed by atoms with Gasteiger partial charge in [-0.05, 0) is 25.4 Å². The lowest BCUT2D eigenvalue weighted by molar-refractivity contribution is 1.09. The van der Waals surface area contributed by atoms with E-state index in [1.54, 1.807) is 20.0 Å². The highest BCUT2D eigenvalue weighted by Gasteiger charge is 1.78. The lowest BCUT2D eigenvalue weighted by Crippen LogP contribution is -1.77. The highest BCUT2D eigenvalue weighted by atomic mass is 32.1. The molecular weight excluding hydrogens is 184 g/mol. The number of rotatable bonds is 0. The van der Waals surface area contributed by atoms with Gasteiger partial charge in [0.05, 0.1) is 14.1 Å². The normalized spacial score (nSPS) is 10.9. The monoisotopic (exact) mass is 198 g/mol. The smallest absolute Gasteiger partial charge is 0.0859 e. The van der Waals surface area contributed by atoms with Gasteiger partial charge in [-0.25, -0.2) is 0 Å². The van der Waals surface area contributed by atoms with Gasteiger partial charge in [-0.3, -0.25) is 9.97 Å². The van der Waals surface area contributed by atoms with Gasteiger partial charge in [-0.1, -0.05) is 4.49 Å². The summed E-state index contributed by atoms with van der Waals surface area (Å²) in [6.45, 7) is 3.53. The molecule has 4 nitrogen and oxygen atoms in total. The predicted octanol–water partition coefficient (Wildman–Crippen LogP) is 1.63. The van der Waals surface area contributed by atoms with Gasteiger partial charge < -0.3 is 0 Å². The number of hydrogen-bond acceptors (Lipinski definition) is 5. The van der Waals surface area contributed by atoms with E-state index in [4.69, 9.17) is 2.74 Å². The average Bonchev–Trinajstić information content (AvgIpc) is 2.57. The summed E-state index contributed by atoms with van der Waals surface area (Å²) in [4.78, 5) is 7.51. The van der Waals surface area contributed by atoms with Crippen molar-refractivity contribution >= 4 is 11.5 Å². The number of aryl methyl sites for hydroxylation is 2. The highest BCUT2D eigenvalue weighted by molar-refractivity contribution is 7.03. The average molecular weight is 198 g/mol. The number of nitrogens with zero attached hydrogens (tertiary/aromatic N) is 4. The first kappa shape index (κ1) is 7.08. The minimum atomic E-state index is 0.257. The lowest BCUT2D eigenvalue weighted by atomic mass is 10.5.